The first-order valence-corrected chi connectivity index (χ1v) is 14.5. The highest BCUT2D eigenvalue weighted by atomic mass is 32.2. The molecule has 3 unspecified atom stereocenters. The lowest BCUT2D eigenvalue weighted by molar-refractivity contribution is -0.169. The van der Waals surface area contributed by atoms with Crippen LogP contribution in [0.4, 0.5) is 0 Å². The lowest BCUT2D eigenvalue weighted by Gasteiger charge is -2.43. The van der Waals surface area contributed by atoms with E-state index < -0.39 is 22.9 Å². The third kappa shape index (κ3) is 11.1. The van der Waals surface area contributed by atoms with Gasteiger partial charge in [0.25, 0.3) is 0 Å². The molecule has 0 saturated carbocycles. The van der Waals surface area contributed by atoms with Gasteiger partial charge in [-0.15, -0.1) is 0 Å². The number of carbonyl (C=O) groups is 3. The van der Waals surface area contributed by atoms with Gasteiger partial charge < -0.3 is 19.3 Å². The topological polar surface area (TPSA) is 99.1 Å². The molecule has 0 amide bonds. The summed E-state index contributed by atoms with van der Waals surface area (Å²) >= 11 is 1.60. The molecule has 224 valence electrons. The van der Waals surface area contributed by atoms with Crippen LogP contribution >= 0.6 is 11.8 Å². The Morgan fingerprint density at radius 2 is 1.16 bits per heavy atom. The quantitative estimate of drug-likeness (QED) is 0.203. The van der Waals surface area contributed by atoms with Crippen molar-refractivity contribution in [2.45, 2.75) is 120 Å². The number of esters is 3. The molecular weight excluding hydrogens is 504 g/mol. The van der Waals surface area contributed by atoms with Crippen molar-refractivity contribution in [1.82, 2.24) is 0 Å². The number of hydrogen-bond acceptors (Lipinski definition) is 8. The second-order valence-electron chi connectivity index (χ2n) is 14.9. The maximum Gasteiger partial charge on any atom is 0.312 e. The van der Waals surface area contributed by atoms with Crippen molar-refractivity contribution in [3.8, 4) is 0 Å². The van der Waals surface area contributed by atoms with E-state index in [2.05, 4.69) is 34.6 Å². The average Bonchev–Trinajstić information content (AvgIpc) is 2.71. The van der Waals surface area contributed by atoms with Crippen LogP contribution in [0.15, 0.2) is 0 Å². The van der Waals surface area contributed by atoms with Gasteiger partial charge in [-0.05, 0) is 42.9 Å². The molecule has 0 aliphatic carbocycles. The Balaban J connectivity index is 4.80. The van der Waals surface area contributed by atoms with Gasteiger partial charge in [0, 0.05) is 10.5 Å². The normalized spacial score (nSPS) is 17.1. The number of carbonyl (C=O) groups excluding carboxylic acids is 3. The lowest BCUT2D eigenvalue weighted by Crippen LogP contribution is -2.45. The van der Waals surface area contributed by atoms with Crippen molar-refractivity contribution in [2.24, 2.45) is 27.1 Å². The molecule has 0 aliphatic rings. The van der Waals surface area contributed by atoms with Gasteiger partial charge in [0.05, 0.1) is 24.4 Å². The summed E-state index contributed by atoms with van der Waals surface area (Å²) in [6.45, 7) is 25.8. The van der Waals surface area contributed by atoms with Crippen LogP contribution in [0.2, 0.25) is 0 Å². The molecule has 0 bridgehead atoms. The maximum absolute atomic E-state index is 13.0. The smallest absolute Gasteiger partial charge is 0.312 e. The predicted octanol–water partition coefficient (Wildman–Crippen LogP) is 6.44. The van der Waals surface area contributed by atoms with Gasteiger partial charge in [-0.2, -0.15) is 11.8 Å². The third-order valence-corrected chi connectivity index (χ3v) is 9.04. The summed E-state index contributed by atoms with van der Waals surface area (Å²) in [5.41, 5.74) is -2.12. The molecule has 0 aromatic heterocycles. The molecule has 0 radical (unpaired) electrons. The van der Waals surface area contributed by atoms with E-state index >= 15 is 0 Å². The summed E-state index contributed by atoms with van der Waals surface area (Å²) in [5.74, 6) is -0.528. The molecule has 0 spiro atoms. The Hall–Kier alpha value is -1.28. The second kappa shape index (κ2) is 13.4. The standard InChI is InChI=1S/C30H56O7S/c1-25(2,3)19-29(12,26(4,5)6)24(34)37-18-21(31)17-36-22(32)15-16-38-28(10,11)20-30(13,23(33)35-14)27(7,8)9/h21,31H,15-20H2,1-14H3. The van der Waals surface area contributed by atoms with Gasteiger partial charge in [-0.3, -0.25) is 14.4 Å². The fourth-order valence-electron chi connectivity index (χ4n) is 4.53. The van der Waals surface area contributed by atoms with Gasteiger partial charge in [0.2, 0.25) is 0 Å². The van der Waals surface area contributed by atoms with Crippen LogP contribution in [0.3, 0.4) is 0 Å². The summed E-state index contributed by atoms with van der Waals surface area (Å²) < 4.78 is 15.5. The van der Waals surface area contributed by atoms with E-state index in [1.54, 1.807) is 11.8 Å². The van der Waals surface area contributed by atoms with Crippen LogP contribution in [0.5, 0.6) is 0 Å². The highest BCUT2D eigenvalue weighted by Gasteiger charge is 2.49. The van der Waals surface area contributed by atoms with Crippen molar-refractivity contribution in [2.75, 3.05) is 26.1 Å². The van der Waals surface area contributed by atoms with Crippen LogP contribution in [0.1, 0.15) is 109 Å². The largest absolute Gasteiger partial charge is 0.469 e. The van der Waals surface area contributed by atoms with E-state index in [0.29, 0.717) is 18.6 Å². The third-order valence-electron chi connectivity index (χ3n) is 7.70. The van der Waals surface area contributed by atoms with Crippen LogP contribution in [0.25, 0.3) is 0 Å². The Kier molecular flexibility index (Phi) is 12.9. The minimum Gasteiger partial charge on any atom is -0.469 e. The SMILES string of the molecule is COC(=O)C(C)(CC(C)(C)SCCC(=O)OCC(O)COC(=O)C(C)(CC(C)(C)C)C(C)(C)C)C(C)(C)C. The summed E-state index contributed by atoms with van der Waals surface area (Å²) in [6, 6.07) is 0. The monoisotopic (exact) mass is 560 g/mol. The highest BCUT2D eigenvalue weighted by Crippen LogP contribution is 2.49. The zero-order valence-electron chi connectivity index (χ0n) is 26.6. The molecule has 1 N–H and O–H groups in total. The Labute approximate surface area is 236 Å². The van der Waals surface area contributed by atoms with Crippen molar-refractivity contribution in [3.05, 3.63) is 0 Å². The number of methoxy groups -OCH3 is 1. The maximum atomic E-state index is 13.0. The minimum atomic E-state index is -1.10. The van der Waals surface area contributed by atoms with E-state index in [1.165, 1.54) is 7.11 Å². The fraction of sp³-hybridized carbons (Fsp3) is 0.900. The lowest BCUT2D eigenvalue weighted by atomic mass is 9.61. The zero-order chi connectivity index (χ0) is 30.4. The van der Waals surface area contributed by atoms with Crippen LogP contribution in [-0.4, -0.2) is 59.9 Å². The zero-order valence-corrected chi connectivity index (χ0v) is 27.4. The Morgan fingerprint density at radius 1 is 0.711 bits per heavy atom. The fourth-order valence-corrected chi connectivity index (χ4v) is 5.74. The molecule has 0 aliphatic heterocycles. The van der Waals surface area contributed by atoms with E-state index in [4.69, 9.17) is 14.2 Å². The van der Waals surface area contributed by atoms with Crippen LogP contribution in [0, 0.1) is 27.1 Å². The average molecular weight is 561 g/mol. The summed E-state index contributed by atoms with van der Waals surface area (Å²) in [4.78, 5) is 37.9. The van der Waals surface area contributed by atoms with Crippen molar-refractivity contribution in [3.63, 3.8) is 0 Å². The highest BCUT2D eigenvalue weighted by molar-refractivity contribution is 8.00. The number of aliphatic hydroxyl groups excluding tert-OH is 1. The van der Waals surface area contributed by atoms with Gasteiger partial charge in [-0.25, -0.2) is 0 Å². The number of hydrogen-bond donors (Lipinski definition) is 1. The molecule has 0 heterocycles. The van der Waals surface area contributed by atoms with E-state index in [-0.39, 0.29) is 52.6 Å². The van der Waals surface area contributed by atoms with Crippen molar-refractivity contribution in [1.29, 1.82) is 0 Å². The first-order chi connectivity index (χ1) is 16.8. The molecule has 0 fully saturated rings. The molecule has 0 aromatic carbocycles. The second-order valence-corrected chi connectivity index (χ2v) is 16.7. The van der Waals surface area contributed by atoms with Crippen molar-refractivity contribution < 1.29 is 33.7 Å². The number of ether oxygens (including phenoxy) is 3. The number of thioether (sulfide) groups is 1. The summed E-state index contributed by atoms with van der Waals surface area (Å²) in [6.07, 6.45) is 0.288. The first kappa shape index (κ1) is 36.7. The molecule has 3 atom stereocenters. The number of rotatable bonds is 13. The van der Waals surface area contributed by atoms with Gasteiger partial charge in [0.15, 0.2) is 0 Å². The Morgan fingerprint density at radius 3 is 1.58 bits per heavy atom. The van der Waals surface area contributed by atoms with Crippen molar-refractivity contribution >= 4 is 29.7 Å². The van der Waals surface area contributed by atoms with Gasteiger partial charge in [-0.1, -0.05) is 76.2 Å². The first-order valence-electron chi connectivity index (χ1n) is 13.5. The molecule has 8 heteroatoms. The van der Waals surface area contributed by atoms with E-state index in [1.807, 2.05) is 55.4 Å². The predicted molar refractivity (Wildman–Crippen MR) is 155 cm³/mol. The van der Waals surface area contributed by atoms with E-state index in [0.717, 1.165) is 0 Å². The molecular formula is C30H56O7S. The van der Waals surface area contributed by atoms with Crippen LogP contribution in [-0.2, 0) is 28.6 Å². The van der Waals surface area contributed by atoms with Gasteiger partial charge >= 0.3 is 17.9 Å². The number of aliphatic hydroxyl groups is 1. The minimum absolute atomic E-state index is 0.0769. The van der Waals surface area contributed by atoms with Crippen LogP contribution < -0.4 is 0 Å². The molecule has 38 heavy (non-hydrogen) atoms. The molecule has 7 nitrogen and oxygen atoms in total. The van der Waals surface area contributed by atoms with E-state index in [9.17, 15) is 19.5 Å². The molecule has 0 rings (SSSR count). The van der Waals surface area contributed by atoms with Gasteiger partial charge in [0.1, 0.15) is 19.3 Å². The summed E-state index contributed by atoms with van der Waals surface area (Å²) in [5, 5.41) is 10.3. The molecule has 0 saturated heterocycles. The molecule has 0 aromatic rings. The Bertz CT molecular complexity index is 801. The summed E-state index contributed by atoms with van der Waals surface area (Å²) in [7, 11) is 1.41.